The second-order valence-electron chi connectivity index (χ2n) is 6.55. The number of aliphatic hydroxyl groups excluding tert-OH is 1. The molecule has 0 bridgehead atoms. The van der Waals surface area contributed by atoms with Gasteiger partial charge in [0.25, 0.3) is 0 Å². The van der Waals surface area contributed by atoms with Crippen LogP contribution in [0.5, 0.6) is 0 Å². The normalized spacial score (nSPS) is 16.5. The fraction of sp³-hybridized carbons (Fsp3) is 1.00. The molecule has 0 amide bonds. The SMILES string of the molecule is CCCCCCCCCCCCCCCC(O)N1CC1. The molecule has 1 heterocycles. The third-order valence-corrected chi connectivity index (χ3v) is 4.47. The number of rotatable bonds is 15. The Morgan fingerprint density at radius 1 is 0.700 bits per heavy atom. The lowest BCUT2D eigenvalue weighted by atomic mass is 10.0. The van der Waals surface area contributed by atoms with Crippen LogP contribution >= 0.6 is 0 Å². The van der Waals surface area contributed by atoms with Crippen LogP contribution in [0, 0.1) is 0 Å². The van der Waals surface area contributed by atoms with Crippen LogP contribution in [0.25, 0.3) is 0 Å². The highest BCUT2D eigenvalue weighted by atomic mass is 16.3. The standard InChI is InChI=1S/C18H37NO/c1-2-3-4-5-6-7-8-9-10-11-12-13-14-15-18(20)19-16-17-19/h18,20H,2-17H2,1H3. The molecule has 20 heavy (non-hydrogen) atoms. The largest absolute Gasteiger partial charge is 0.378 e. The molecule has 0 aromatic carbocycles. The number of hydrogen-bond donors (Lipinski definition) is 1. The third-order valence-electron chi connectivity index (χ3n) is 4.47. The zero-order valence-electron chi connectivity index (χ0n) is 13.8. The van der Waals surface area contributed by atoms with Gasteiger partial charge in [-0.15, -0.1) is 0 Å². The Hall–Kier alpha value is -0.0800. The van der Waals surface area contributed by atoms with E-state index in [0.29, 0.717) is 0 Å². The maximum absolute atomic E-state index is 9.69. The molecule has 2 nitrogen and oxygen atoms in total. The van der Waals surface area contributed by atoms with Crippen LogP contribution in [0.4, 0.5) is 0 Å². The van der Waals surface area contributed by atoms with Gasteiger partial charge in [-0.25, -0.2) is 0 Å². The fourth-order valence-corrected chi connectivity index (χ4v) is 2.88. The zero-order chi connectivity index (χ0) is 14.5. The van der Waals surface area contributed by atoms with Crippen LogP contribution in [-0.4, -0.2) is 29.3 Å². The Morgan fingerprint density at radius 2 is 1.10 bits per heavy atom. The van der Waals surface area contributed by atoms with Gasteiger partial charge in [0.2, 0.25) is 0 Å². The first kappa shape index (κ1) is 18.0. The average Bonchev–Trinajstić information content (AvgIpc) is 3.28. The Labute approximate surface area is 126 Å². The van der Waals surface area contributed by atoms with Crippen molar-refractivity contribution in [2.45, 2.75) is 103 Å². The van der Waals surface area contributed by atoms with Gasteiger partial charge in [-0.1, -0.05) is 84.0 Å². The number of hydrogen-bond acceptors (Lipinski definition) is 2. The molecule has 0 radical (unpaired) electrons. The molecule has 1 aliphatic rings. The predicted molar refractivity (Wildman–Crippen MR) is 87.9 cm³/mol. The second-order valence-corrected chi connectivity index (χ2v) is 6.55. The van der Waals surface area contributed by atoms with E-state index in [1.807, 2.05) is 0 Å². The summed E-state index contributed by atoms with van der Waals surface area (Å²) >= 11 is 0. The summed E-state index contributed by atoms with van der Waals surface area (Å²) < 4.78 is 0. The van der Waals surface area contributed by atoms with Gasteiger partial charge in [-0.3, -0.25) is 4.90 Å². The quantitative estimate of drug-likeness (QED) is 0.334. The van der Waals surface area contributed by atoms with E-state index in [1.165, 1.54) is 83.5 Å². The molecule has 1 rings (SSSR count). The summed E-state index contributed by atoms with van der Waals surface area (Å²) in [4.78, 5) is 2.14. The third kappa shape index (κ3) is 10.7. The summed E-state index contributed by atoms with van der Waals surface area (Å²) in [7, 11) is 0. The van der Waals surface area contributed by atoms with E-state index in [0.717, 1.165) is 19.5 Å². The molecule has 1 unspecified atom stereocenters. The van der Waals surface area contributed by atoms with Gasteiger partial charge in [0.15, 0.2) is 0 Å². The molecular formula is C18H37NO. The van der Waals surface area contributed by atoms with Crippen LogP contribution in [0.2, 0.25) is 0 Å². The van der Waals surface area contributed by atoms with Crippen molar-refractivity contribution >= 4 is 0 Å². The smallest absolute Gasteiger partial charge is 0.107 e. The number of unbranched alkanes of at least 4 members (excludes halogenated alkanes) is 12. The second kappa shape index (κ2) is 12.6. The molecule has 1 atom stereocenters. The Bertz CT molecular complexity index is 204. The first-order chi connectivity index (χ1) is 9.84. The maximum atomic E-state index is 9.69. The van der Waals surface area contributed by atoms with Crippen LogP contribution in [0.3, 0.4) is 0 Å². The molecule has 1 saturated heterocycles. The minimum Gasteiger partial charge on any atom is -0.378 e. The molecule has 0 aromatic heterocycles. The topological polar surface area (TPSA) is 23.2 Å². The van der Waals surface area contributed by atoms with Crippen molar-refractivity contribution in [1.29, 1.82) is 0 Å². The lowest BCUT2D eigenvalue weighted by molar-refractivity contribution is 0.0696. The van der Waals surface area contributed by atoms with Crippen LogP contribution in [-0.2, 0) is 0 Å². The van der Waals surface area contributed by atoms with Crippen molar-refractivity contribution in [3.05, 3.63) is 0 Å². The van der Waals surface area contributed by atoms with Gasteiger partial charge >= 0.3 is 0 Å². The Balaban J connectivity index is 1.66. The van der Waals surface area contributed by atoms with E-state index < -0.39 is 0 Å². The molecule has 1 fully saturated rings. The van der Waals surface area contributed by atoms with Gasteiger partial charge in [-0.05, 0) is 12.8 Å². The van der Waals surface area contributed by atoms with Gasteiger partial charge in [0.1, 0.15) is 6.23 Å². The zero-order valence-corrected chi connectivity index (χ0v) is 13.8. The fourth-order valence-electron chi connectivity index (χ4n) is 2.88. The monoisotopic (exact) mass is 283 g/mol. The first-order valence-electron chi connectivity index (χ1n) is 9.26. The number of nitrogens with zero attached hydrogens (tertiary/aromatic N) is 1. The summed E-state index contributed by atoms with van der Waals surface area (Å²) in [5, 5.41) is 9.69. The van der Waals surface area contributed by atoms with Gasteiger partial charge in [0.05, 0.1) is 0 Å². The van der Waals surface area contributed by atoms with Crippen LogP contribution in [0.1, 0.15) is 96.8 Å². The lowest BCUT2D eigenvalue weighted by Crippen LogP contribution is -2.17. The predicted octanol–water partition coefficient (Wildman–Crippen LogP) is 5.10. The van der Waals surface area contributed by atoms with E-state index >= 15 is 0 Å². The molecule has 0 spiro atoms. The van der Waals surface area contributed by atoms with E-state index in [9.17, 15) is 5.11 Å². The molecule has 0 saturated carbocycles. The molecular weight excluding hydrogens is 246 g/mol. The number of aliphatic hydroxyl groups is 1. The Morgan fingerprint density at radius 3 is 1.50 bits per heavy atom. The van der Waals surface area contributed by atoms with E-state index in [4.69, 9.17) is 0 Å². The van der Waals surface area contributed by atoms with Crippen molar-refractivity contribution in [3.8, 4) is 0 Å². The molecule has 1 N–H and O–H groups in total. The highest BCUT2D eigenvalue weighted by Gasteiger charge is 2.24. The van der Waals surface area contributed by atoms with Gasteiger partial charge in [0, 0.05) is 13.1 Å². The minimum absolute atomic E-state index is 0.136. The van der Waals surface area contributed by atoms with E-state index in [-0.39, 0.29) is 6.23 Å². The summed E-state index contributed by atoms with van der Waals surface area (Å²) in [5.74, 6) is 0. The lowest BCUT2D eigenvalue weighted by Gasteiger charge is -2.10. The Kier molecular flexibility index (Phi) is 11.4. The van der Waals surface area contributed by atoms with Crippen molar-refractivity contribution in [2.24, 2.45) is 0 Å². The first-order valence-corrected chi connectivity index (χ1v) is 9.26. The maximum Gasteiger partial charge on any atom is 0.107 e. The van der Waals surface area contributed by atoms with Crippen LogP contribution in [0.15, 0.2) is 0 Å². The van der Waals surface area contributed by atoms with Gasteiger partial charge in [-0.2, -0.15) is 0 Å². The van der Waals surface area contributed by atoms with Crippen molar-refractivity contribution < 1.29 is 5.11 Å². The average molecular weight is 284 g/mol. The summed E-state index contributed by atoms with van der Waals surface area (Å²) in [6.07, 6.45) is 19.0. The summed E-state index contributed by atoms with van der Waals surface area (Å²) in [6, 6.07) is 0. The highest BCUT2D eigenvalue weighted by Crippen LogP contribution is 2.16. The molecule has 0 aliphatic carbocycles. The van der Waals surface area contributed by atoms with E-state index in [2.05, 4.69) is 11.8 Å². The van der Waals surface area contributed by atoms with Crippen molar-refractivity contribution in [2.75, 3.05) is 13.1 Å². The highest BCUT2D eigenvalue weighted by molar-refractivity contribution is 4.75. The molecule has 1 aliphatic heterocycles. The van der Waals surface area contributed by atoms with Crippen LogP contribution < -0.4 is 0 Å². The van der Waals surface area contributed by atoms with Crippen molar-refractivity contribution in [1.82, 2.24) is 4.90 Å². The summed E-state index contributed by atoms with van der Waals surface area (Å²) in [5.41, 5.74) is 0. The van der Waals surface area contributed by atoms with Gasteiger partial charge < -0.3 is 5.11 Å². The summed E-state index contributed by atoms with van der Waals surface area (Å²) in [6.45, 7) is 4.50. The molecule has 0 aromatic rings. The van der Waals surface area contributed by atoms with E-state index in [1.54, 1.807) is 0 Å². The minimum atomic E-state index is -0.136. The molecule has 120 valence electrons. The van der Waals surface area contributed by atoms with Crippen molar-refractivity contribution in [3.63, 3.8) is 0 Å². The molecule has 2 heteroatoms.